The number of carbonyl (C=O) groups is 2. The Kier molecular flexibility index (Phi) is 2.09. The number of hydrogen-bond acceptors (Lipinski definition) is 3. The molecular formula is C6H9NO4. The van der Waals surface area contributed by atoms with Crippen LogP contribution in [0, 0.1) is 0 Å². The average molecular weight is 159 g/mol. The molecular weight excluding hydrogens is 150 g/mol. The summed E-state index contributed by atoms with van der Waals surface area (Å²) < 4.78 is 0. The van der Waals surface area contributed by atoms with Crippen molar-refractivity contribution in [2.45, 2.75) is 12.5 Å². The van der Waals surface area contributed by atoms with E-state index in [1.54, 1.807) is 0 Å². The quantitative estimate of drug-likeness (QED) is 0.523. The van der Waals surface area contributed by atoms with Gasteiger partial charge < -0.3 is 15.1 Å². The highest BCUT2D eigenvalue weighted by Gasteiger charge is 2.30. The molecule has 1 heterocycles. The second kappa shape index (κ2) is 2.87. The van der Waals surface area contributed by atoms with Crippen LogP contribution in [-0.4, -0.2) is 46.2 Å². The summed E-state index contributed by atoms with van der Waals surface area (Å²) in [5.41, 5.74) is 0. The standard InChI is InChI=1S/C6H9NO4/c8-4-1-2-7(6(4)11)3-5(9)10/h4,8H,1-3H2,(H,9,10)/t4-/m1/s1. The number of carboxylic acids is 1. The predicted octanol–water partition coefficient (Wildman–Crippen LogP) is -1.34. The second-order valence-corrected chi connectivity index (χ2v) is 2.46. The van der Waals surface area contributed by atoms with E-state index in [0.717, 1.165) is 4.90 Å². The highest BCUT2D eigenvalue weighted by molar-refractivity contribution is 5.86. The summed E-state index contributed by atoms with van der Waals surface area (Å²) in [6.07, 6.45) is -0.652. The van der Waals surface area contributed by atoms with E-state index in [1.165, 1.54) is 0 Å². The Morgan fingerprint density at radius 2 is 2.36 bits per heavy atom. The lowest BCUT2D eigenvalue weighted by Crippen LogP contribution is -2.33. The minimum atomic E-state index is -1.05. The Balaban J connectivity index is 2.49. The van der Waals surface area contributed by atoms with Crippen molar-refractivity contribution in [3.63, 3.8) is 0 Å². The summed E-state index contributed by atoms with van der Waals surface area (Å²) in [5.74, 6) is -1.53. The molecule has 0 aromatic rings. The first-order chi connectivity index (χ1) is 5.11. The largest absolute Gasteiger partial charge is 0.480 e. The fraction of sp³-hybridized carbons (Fsp3) is 0.667. The maximum absolute atomic E-state index is 10.9. The van der Waals surface area contributed by atoms with E-state index in [0.29, 0.717) is 13.0 Å². The van der Waals surface area contributed by atoms with E-state index in [1.807, 2.05) is 0 Å². The molecule has 1 saturated heterocycles. The van der Waals surface area contributed by atoms with Crippen molar-refractivity contribution in [1.82, 2.24) is 4.90 Å². The molecule has 1 amide bonds. The lowest BCUT2D eigenvalue weighted by atomic mass is 10.3. The van der Waals surface area contributed by atoms with E-state index in [4.69, 9.17) is 10.2 Å². The van der Waals surface area contributed by atoms with Crippen molar-refractivity contribution in [3.05, 3.63) is 0 Å². The van der Waals surface area contributed by atoms with Crippen LogP contribution in [0.1, 0.15) is 6.42 Å². The van der Waals surface area contributed by atoms with Crippen molar-refractivity contribution in [1.29, 1.82) is 0 Å². The molecule has 1 aliphatic rings. The Bertz CT molecular complexity index is 191. The third-order valence-electron chi connectivity index (χ3n) is 1.60. The number of likely N-dealkylation sites (tertiary alicyclic amines) is 1. The number of carboxylic acid groups (broad SMARTS) is 1. The van der Waals surface area contributed by atoms with Crippen LogP contribution in [0.4, 0.5) is 0 Å². The monoisotopic (exact) mass is 159 g/mol. The van der Waals surface area contributed by atoms with Crippen molar-refractivity contribution in [2.75, 3.05) is 13.1 Å². The van der Waals surface area contributed by atoms with Crippen molar-refractivity contribution < 1.29 is 19.8 Å². The fourth-order valence-corrected chi connectivity index (χ4v) is 1.04. The van der Waals surface area contributed by atoms with Crippen LogP contribution < -0.4 is 0 Å². The van der Waals surface area contributed by atoms with Gasteiger partial charge in [-0.3, -0.25) is 9.59 Å². The number of aliphatic carboxylic acids is 1. The molecule has 1 atom stereocenters. The van der Waals surface area contributed by atoms with E-state index >= 15 is 0 Å². The molecule has 0 radical (unpaired) electrons. The zero-order chi connectivity index (χ0) is 8.43. The van der Waals surface area contributed by atoms with Gasteiger partial charge in [0.05, 0.1) is 0 Å². The number of carbonyl (C=O) groups excluding carboxylic acids is 1. The molecule has 0 saturated carbocycles. The summed E-state index contributed by atoms with van der Waals surface area (Å²) in [6, 6.07) is 0. The molecule has 2 N–H and O–H groups in total. The molecule has 0 bridgehead atoms. The molecule has 0 unspecified atom stereocenters. The molecule has 11 heavy (non-hydrogen) atoms. The Morgan fingerprint density at radius 3 is 2.73 bits per heavy atom. The van der Waals surface area contributed by atoms with E-state index in [-0.39, 0.29) is 6.54 Å². The third-order valence-corrected chi connectivity index (χ3v) is 1.60. The highest BCUT2D eigenvalue weighted by Crippen LogP contribution is 2.09. The first-order valence-corrected chi connectivity index (χ1v) is 3.30. The molecule has 0 aliphatic carbocycles. The zero-order valence-electron chi connectivity index (χ0n) is 5.86. The van der Waals surface area contributed by atoms with Gasteiger partial charge in [0.25, 0.3) is 5.91 Å². The van der Waals surface area contributed by atoms with Crippen molar-refractivity contribution in [2.24, 2.45) is 0 Å². The predicted molar refractivity (Wildman–Crippen MR) is 34.8 cm³/mol. The number of amides is 1. The lowest BCUT2D eigenvalue weighted by Gasteiger charge is -2.11. The number of nitrogens with zero attached hydrogens (tertiary/aromatic N) is 1. The minimum absolute atomic E-state index is 0.310. The second-order valence-electron chi connectivity index (χ2n) is 2.46. The van der Waals surface area contributed by atoms with Crippen LogP contribution in [0.25, 0.3) is 0 Å². The first-order valence-electron chi connectivity index (χ1n) is 3.30. The molecule has 5 heteroatoms. The van der Waals surface area contributed by atoms with Gasteiger partial charge in [0.1, 0.15) is 12.6 Å². The van der Waals surface area contributed by atoms with Gasteiger partial charge in [-0.1, -0.05) is 0 Å². The Labute approximate surface area is 63.2 Å². The van der Waals surface area contributed by atoms with E-state index in [9.17, 15) is 9.59 Å². The molecule has 0 spiro atoms. The van der Waals surface area contributed by atoms with Gasteiger partial charge in [0, 0.05) is 6.54 Å². The maximum atomic E-state index is 10.9. The summed E-state index contributed by atoms with van der Waals surface area (Å²) in [4.78, 5) is 22.1. The molecule has 62 valence electrons. The topological polar surface area (TPSA) is 77.8 Å². The third kappa shape index (κ3) is 1.68. The van der Waals surface area contributed by atoms with E-state index in [2.05, 4.69) is 0 Å². The smallest absolute Gasteiger partial charge is 0.323 e. The molecule has 1 fully saturated rings. The summed E-state index contributed by atoms with van der Waals surface area (Å²) >= 11 is 0. The molecule has 0 aromatic heterocycles. The SMILES string of the molecule is O=C(O)CN1CC[C@@H](O)C1=O. The molecule has 1 rings (SSSR count). The zero-order valence-corrected chi connectivity index (χ0v) is 5.86. The van der Waals surface area contributed by atoms with E-state index < -0.39 is 18.0 Å². The average Bonchev–Trinajstić information content (AvgIpc) is 2.18. The van der Waals surface area contributed by atoms with Crippen molar-refractivity contribution >= 4 is 11.9 Å². The summed E-state index contributed by atoms with van der Waals surface area (Å²) in [5, 5.41) is 17.2. The van der Waals surface area contributed by atoms with Gasteiger partial charge >= 0.3 is 5.97 Å². The van der Waals surface area contributed by atoms with Crippen molar-refractivity contribution in [3.8, 4) is 0 Å². The molecule has 1 aliphatic heterocycles. The van der Waals surface area contributed by atoms with Gasteiger partial charge in [-0.05, 0) is 6.42 Å². The number of hydrogen-bond donors (Lipinski definition) is 2. The van der Waals surface area contributed by atoms with Crippen LogP contribution in [0.5, 0.6) is 0 Å². The Morgan fingerprint density at radius 1 is 1.73 bits per heavy atom. The van der Waals surface area contributed by atoms with Gasteiger partial charge in [-0.15, -0.1) is 0 Å². The first kappa shape index (κ1) is 8.00. The molecule has 5 nitrogen and oxygen atoms in total. The van der Waals surface area contributed by atoms with Crippen LogP contribution >= 0.6 is 0 Å². The van der Waals surface area contributed by atoms with Gasteiger partial charge in [-0.2, -0.15) is 0 Å². The van der Waals surface area contributed by atoms with Gasteiger partial charge in [0.2, 0.25) is 0 Å². The molecule has 0 aromatic carbocycles. The summed E-state index contributed by atoms with van der Waals surface area (Å²) in [6.45, 7) is 0.0300. The number of rotatable bonds is 2. The normalized spacial score (nSPS) is 24.3. The van der Waals surface area contributed by atoms with Crippen LogP contribution in [-0.2, 0) is 9.59 Å². The number of aliphatic hydroxyl groups is 1. The van der Waals surface area contributed by atoms with Gasteiger partial charge in [-0.25, -0.2) is 0 Å². The maximum Gasteiger partial charge on any atom is 0.323 e. The van der Waals surface area contributed by atoms with Crippen LogP contribution in [0.15, 0.2) is 0 Å². The lowest BCUT2D eigenvalue weighted by molar-refractivity contribution is -0.144. The van der Waals surface area contributed by atoms with Gasteiger partial charge in [0.15, 0.2) is 0 Å². The van der Waals surface area contributed by atoms with Crippen LogP contribution in [0.3, 0.4) is 0 Å². The Hall–Kier alpha value is -1.10. The fourth-order valence-electron chi connectivity index (χ4n) is 1.04. The van der Waals surface area contributed by atoms with Crippen LogP contribution in [0.2, 0.25) is 0 Å². The highest BCUT2D eigenvalue weighted by atomic mass is 16.4. The summed E-state index contributed by atoms with van der Waals surface area (Å²) in [7, 11) is 0. The number of aliphatic hydroxyl groups excluding tert-OH is 1. The minimum Gasteiger partial charge on any atom is -0.480 e.